The normalized spacial score (nSPS) is 12.6. The van der Waals surface area contributed by atoms with Gasteiger partial charge < -0.3 is 5.32 Å². The average molecular weight is 380 g/mol. The van der Waals surface area contributed by atoms with Crippen molar-refractivity contribution in [2.75, 3.05) is 6.54 Å². The standard InChI is InChI=1S/C13H13BrCl2N2S/c1-2-3-17-12(9-6-19-7-10(9)14)13-11(16)4-8(15)5-18-13/h4-7,12,17H,2-3H2,1H3. The summed E-state index contributed by atoms with van der Waals surface area (Å²) in [4.78, 5) is 4.39. The number of hydrogen-bond acceptors (Lipinski definition) is 3. The zero-order valence-electron chi connectivity index (χ0n) is 10.3. The molecule has 2 aromatic rings. The average Bonchev–Trinajstić information content (AvgIpc) is 2.78. The van der Waals surface area contributed by atoms with Gasteiger partial charge in [0.05, 0.1) is 21.8 Å². The van der Waals surface area contributed by atoms with Crippen LogP contribution in [-0.2, 0) is 0 Å². The molecule has 1 unspecified atom stereocenters. The van der Waals surface area contributed by atoms with Crippen LogP contribution in [0.1, 0.15) is 30.6 Å². The van der Waals surface area contributed by atoms with Gasteiger partial charge in [0.15, 0.2) is 0 Å². The summed E-state index contributed by atoms with van der Waals surface area (Å²) in [5.41, 5.74) is 1.95. The summed E-state index contributed by atoms with van der Waals surface area (Å²) >= 11 is 17.4. The van der Waals surface area contributed by atoms with Gasteiger partial charge in [-0.3, -0.25) is 4.98 Å². The number of hydrogen-bond donors (Lipinski definition) is 1. The van der Waals surface area contributed by atoms with Crippen LogP contribution in [0.15, 0.2) is 27.5 Å². The Kier molecular flexibility index (Phi) is 5.66. The SMILES string of the molecule is CCCNC(c1cscc1Br)c1ncc(Cl)cc1Cl. The maximum atomic E-state index is 6.27. The summed E-state index contributed by atoms with van der Waals surface area (Å²) < 4.78 is 1.07. The van der Waals surface area contributed by atoms with Crippen molar-refractivity contribution in [3.8, 4) is 0 Å². The van der Waals surface area contributed by atoms with E-state index in [9.17, 15) is 0 Å². The number of thiophene rings is 1. The van der Waals surface area contributed by atoms with E-state index in [1.807, 2.05) is 0 Å². The van der Waals surface area contributed by atoms with Crippen LogP contribution >= 0.6 is 50.5 Å². The third-order valence-electron chi connectivity index (χ3n) is 2.66. The van der Waals surface area contributed by atoms with Gasteiger partial charge in [0.1, 0.15) is 0 Å². The molecule has 0 aliphatic rings. The summed E-state index contributed by atoms with van der Waals surface area (Å²) in [6.07, 6.45) is 2.67. The maximum Gasteiger partial charge on any atom is 0.0806 e. The Morgan fingerprint density at radius 1 is 1.42 bits per heavy atom. The van der Waals surface area contributed by atoms with Gasteiger partial charge in [0, 0.05) is 21.6 Å². The largest absolute Gasteiger partial charge is 0.305 e. The fourth-order valence-electron chi connectivity index (χ4n) is 1.78. The molecule has 2 nitrogen and oxygen atoms in total. The smallest absolute Gasteiger partial charge is 0.0806 e. The minimum Gasteiger partial charge on any atom is -0.305 e. The lowest BCUT2D eigenvalue weighted by molar-refractivity contribution is 0.586. The Morgan fingerprint density at radius 3 is 2.79 bits per heavy atom. The number of rotatable bonds is 5. The van der Waals surface area contributed by atoms with Gasteiger partial charge in [0.25, 0.3) is 0 Å². The molecule has 0 radical (unpaired) electrons. The molecule has 2 heterocycles. The number of nitrogens with one attached hydrogen (secondary N) is 1. The molecule has 19 heavy (non-hydrogen) atoms. The van der Waals surface area contributed by atoms with Crippen LogP contribution < -0.4 is 5.32 Å². The van der Waals surface area contributed by atoms with Crippen molar-refractivity contribution >= 4 is 50.5 Å². The van der Waals surface area contributed by atoms with Gasteiger partial charge in [-0.2, -0.15) is 11.3 Å². The zero-order valence-corrected chi connectivity index (χ0v) is 14.2. The fraction of sp³-hybridized carbons (Fsp3) is 0.308. The third-order valence-corrected chi connectivity index (χ3v) is 4.92. The number of nitrogens with zero attached hydrogens (tertiary/aromatic N) is 1. The van der Waals surface area contributed by atoms with Crippen LogP contribution in [0.4, 0.5) is 0 Å². The molecule has 0 aliphatic heterocycles. The van der Waals surface area contributed by atoms with E-state index in [0.717, 1.165) is 28.7 Å². The molecular weight excluding hydrogens is 367 g/mol. The van der Waals surface area contributed by atoms with Crippen LogP contribution in [0.3, 0.4) is 0 Å². The molecular formula is C13H13BrCl2N2S. The second kappa shape index (κ2) is 7.04. The molecule has 1 atom stereocenters. The Labute approximate surface area is 135 Å². The lowest BCUT2D eigenvalue weighted by Gasteiger charge is -2.19. The van der Waals surface area contributed by atoms with Gasteiger partial charge in [-0.15, -0.1) is 0 Å². The van der Waals surface area contributed by atoms with E-state index in [1.54, 1.807) is 23.6 Å². The Hall–Kier alpha value is -0.130. The fourth-order valence-corrected chi connectivity index (χ4v) is 3.82. The van der Waals surface area contributed by atoms with Crippen molar-refractivity contribution in [2.24, 2.45) is 0 Å². The minimum absolute atomic E-state index is 0.0228. The monoisotopic (exact) mass is 378 g/mol. The summed E-state index contributed by atoms with van der Waals surface area (Å²) in [5, 5.41) is 8.76. The molecule has 0 bridgehead atoms. The van der Waals surface area contributed by atoms with Gasteiger partial charge in [-0.1, -0.05) is 30.1 Å². The minimum atomic E-state index is -0.0228. The first-order valence-electron chi connectivity index (χ1n) is 5.89. The highest BCUT2D eigenvalue weighted by molar-refractivity contribution is 9.10. The Balaban J connectivity index is 2.40. The molecule has 0 saturated heterocycles. The molecule has 6 heteroatoms. The molecule has 0 spiro atoms. The highest BCUT2D eigenvalue weighted by atomic mass is 79.9. The number of pyridine rings is 1. The molecule has 2 rings (SSSR count). The Morgan fingerprint density at radius 2 is 2.21 bits per heavy atom. The van der Waals surface area contributed by atoms with Crippen molar-refractivity contribution in [1.82, 2.24) is 10.3 Å². The third kappa shape index (κ3) is 3.70. The zero-order chi connectivity index (χ0) is 13.8. The van der Waals surface area contributed by atoms with Crippen LogP contribution in [0, 0.1) is 0 Å². The van der Waals surface area contributed by atoms with E-state index in [2.05, 4.69) is 43.9 Å². The van der Waals surface area contributed by atoms with Crippen molar-refractivity contribution in [2.45, 2.75) is 19.4 Å². The molecule has 0 fully saturated rings. The molecule has 2 aromatic heterocycles. The van der Waals surface area contributed by atoms with Gasteiger partial charge >= 0.3 is 0 Å². The van der Waals surface area contributed by atoms with E-state index in [0.29, 0.717) is 10.0 Å². The van der Waals surface area contributed by atoms with E-state index in [-0.39, 0.29) is 6.04 Å². The van der Waals surface area contributed by atoms with Gasteiger partial charge in [0.2, 0.25) is 0 Å². The molecule has 0 amide bonds. The van der Waals surface area contributed by atoms with Crippen LogP contribution in [-0.4, -0.2) is 11.5 Å². The second-order valence-electron chi connectivity index (χ2n) is 4.08. The molecule has 1 N–H and O–H groups in total. The van der Waals surface area contributed by atoms with E-state index < -0.39 is 0 Å². The topological polar surface area (TPSA) is 24.9 Å². The van der Waals surface area contributed by atoms with Crippen LogP contribution in [0.25, 0.3) is 0 Å². The maximum absolute atomic E-state index is 6.27. The predicted molar refractivity (Wildman–Crippen MR) is 86.4 cm³/mol. The predicted octanol–water partition coefficient (Wildman–Crippen LogP) is 5.30. The Bertz CT molecular complexity index is 559. The molecule has 0 aromatic carbocycles. The van der Waals surface area contributed by atoms with Crippen molar-refractivity contribution in [1.29, 1.82) is 0 Å². The summed E-state index contributed by atoms with van der Waals surface area (Å²) in [7, 11) is 0. The van der Waals surface area contributed by atoms with Crippen molar-refractivity contribution < 1.29 is 0 Å². The van der Waals surface area contributed by atoms with Crippen LogP contribution in [0.2, 0.25) is 10.0 Å². The van der Waals surface area contributed by atoms with Crippen LogP contribution in [0.5, 0.6) is 0 Å². The number of halogens is 3. The van der Waals surface area contributed by atoms with E-state index in [4.69, 9.17) is 23.2 Å². The quantitative estimate of drug-likeness (QED) is 0.762. The van der Waals surface area contributed by atoms with Gasteiger partial charge in [-0.25, -0.2) is 0 Å². The van der Waals surface area contributed by atoms with E-state index in [1.165, 1.54) is 0 Å². The molecule has 0 saturated carbocycles. The molecule has 0 aliphatic carbocycles. The lowest BCUT2D eigenvalue weighted by atomic mass is 10.1. The number of aromatic nitrogens is 1. The molecule has 102 valence electrons. The summed E-state index contributed by atoms with van der Waals surface area (Å²) in [6, 6.07) is 1.71. The first kappa shape index (κ1) is 15.3. The van der Waals surface area contributed by atoms with E-state index >= 15 is 0 Å². The van der Waals surface area contributed by atoms with Gasteiger partial charge in [-0.05, 0) is 40.3 Å². The van der Waals surface area contributed by atoms with Crippen molar-refractivity contribution in [3.05, 3.63) is 48.8 Å². The first-order valence-corrected chi connectivity index (χ1v) is 8.38. The summed E-state index contributed by atoms with van der Waals surface area (Å²) in [6.45, 7) is 3.03. The highest BCUT2D eigenvalue weighted by Crippen LogP contribution is 2.34. The lowest BCUT2D eigenvalue weighted by Crippen LogP contribution is -2.24. The van der Waals surface area contributed by atoms with Crippen molar-refractivity contribution in [3.63, 3.8) is 0 Å². The second-order valence-corrected chi connectivity index (χ2v) is 6.52. The highest BCUT2D eigenvalue weighted by Gasteiger charge is 2.21. The first-order chi connectivity index (χ1) is 9.13. The summed E-state index contributed by atoms with van der Waals surface area (Å²) in [5.74, 6) is 0.